The quantitative estimate of drug-likeness (QED) is 0.659. The van der Waals surface area contributed by atoms with Gasteiger partial charge in [0.1, 0.15) is 0 Å². The van der Waals surface area contributed by atoms with Crippen molar-refractivity contribution in [1.82, 2.24) is 4.90 Å². The highest BCUT2D eigenvalue weighted by Gasteiger charge is 2.42. The van der Waals surface area contributed by atoms with Gasteiger partial charge in [-0.2, -0.15) is 0 Å². The molecule has 84 valence electrons. The van der Waals surface area contributed by atoms with Gasteiger partial charge in [0.05, 0.1) is 17.9 Å². The van der Waals surface area contributed by atoms with Crippen LogP contribution in [-0.4, -0.2) is 46.2 Å². The molecular formula is C10H15NO4. The van der Waals surface area contributed by atoms with Crippen LogP contribution in [0, 0.1) is 11.8 Å². The van der Waals surface area contributed by atoms with Gasteiger partial charge in [-0.1, -0.05) is 6.42 Å². The van der Waals surface area contributed by atoms with Crippen LogP contribution in [0.4, 0.5) is 0 Å². The lowest BCUT2D eigenvalue weighted by molar-refractivity contribution is -0.154. The van der Waals surface area contributed by atoms with E-state index in [1.807, 2.05) is 0 Å². The van der Waals surface area contributed by atoms with Crippen molar-refractivity contribution in [2.45, 2.75) is 25.4 Å². The molecule has 1 saturated carbocycles. The SMILES string of the molecule is O=C(O)C1CCCC1C(=O)N1CC(O)C1. The second-order valence-electron chi connectivity index (χ2n) is 4.38. The number of β-amino-alcohol motifs (C(OH)–C–C–N with tert-alkyl or cyclic N) is 1. The Labute approximate surface area is 87.7 Å². The minimum atomic E-state index is -0.869. The summed E-state index contributed by atoms with van der Waals surface area (Å²) in [6.45, 7) is 0.726. The maximum atomic E-state index is 11.8. The van der Waals surface area contributed by atoms with Crippen LogP contribution < -0.4 is 0 Å². The largest absolute Gasteiger partial charge is 0.481 e. The number of aliphatic hydroxyl groups excluding tert-OH is 1. The third-order valence-electron chi connectivity index (χ3n) is 3.32. The number of carboxylic acid groups (broad SMARTS) is 1. The van der Waals surface area contributed by atoms with Crippen LogP contribution in [0.15, 0.2) is 0 Å². The van der Waals surface area contributed by atoms with Gasteiger partial charge in [0, 0.05) is 13.1 Å². The van der Waals surface area contributed by atoms with Crippen molar-refractivity contribution in [3.63, 3.8) is 0 Å². The molecule has 1 aliphatic carbocycles. The number of aliphatic carboxylic acids is 1. The maximum Gasteiger partial charge on any atom is 0.307 e. The summed E-state index contributed by atoms with van der Waals surface area (Å²) in [6, 6.07) is 0. The Morgan fingerprint density at radius 1 is 1.13 bits per heavy atom. The molecule has 0 radical (unpaired) electrons. The zero-order valence-corrected chi connectivity index (χ0v) is 8.43. The third kappa shape index (κ3) is 1.84. The number of hydrogen-bond acceptors (Lipinski definition) is 3. The van der Waals surface area contributed by atoms with Crippen molar-refractivity contribution in [2.24, 2.45) is 11.8 Å². The summed E-state index contributed by atoms with van der Waals surface area (Å²) < 4.78 is 0. The Bertz CT molecular complexity index is 285. The van der Waals surface area contributed by atoms with Crippen LogP contribution in [-0.2, 0) is 9.59 Å². The number of likely N-dealkylation sites (tertiary alicyclic amines) is 1. The van der Waals surface area contributed by atoms with Gasteiger partial charge < -0.3 is 15.1 Å². The molecule has 0 aromatic carbocycles. The third-order valence-corrected chi connectivity index (χ3v) is 3.32. The molecule has 2 atom stereocenters. The first-order chi connectivity index (χ1) is 7.09. The lowest BCUT2D eigenvalue weighted by Crippen LogP contribution is -2.55. The van der Waals surface area contributed by atoms with Crippen molar-refractivity contribution in [1.29, 1.82) is 0 Å². The molecule has 2 aliphatic rings. The van der Waals surface area contributed by atoms with Crippen LogP contribution in [0.1, 0.15) is 19.3 Å². The predicted octanol–water partition coefficient (Wildman–Crippen LogP) is -0.310. The minimum Gasteiger partial charge on any atom is -0.481 e. The molecule has 5 heteroatoms. The van der Waals surface area contributed by atoms with Crippen LogP contribution in [0.5, 0.6) is 0 Å². The van der Waals surface area contributed by atoms with Gasteiger partial charge in [0.15, 0.2) is 0 Å². The fourth-order valence-corrected chi connectivity index (χ4v) is 2.42. The second-order valence-corrected chi connectivity index (χ2v) is 4.38. The first-order valence-corrected chi connectivity index (χ1v) is 5.29. The molecule has 2 fully saturated rings. The van der Waals surface area contributed by atoms with E-state index in [-0.39, 0.29) is 11.8 Å². The molecule has 0 aromatic heterocycles. The van der Waals surface area contributed by atoms with Crippen LogP contribution in [0.25, 0.3) is 0 Å². The second kappa shape index (κ2) is 3.81. The maximum absolute atomic E-state index is 11.8. The Morgan fingerprint density at radius 2 is 1.73 bits per heavy atom. The lowest BCUT2D eigenvalue weighted by atomic mass is 9.93. The zero-order chi connectivity index (χ0) is 11.0. The Balaban J connectivity index is 1.97. The Kier molecular flexibility index (Phi) is 2.65. The van der Waals surface area contributed by atoms with Crippen LogP contribution in [0.3, 0.4) is 0 Å². The smallest absolute Gasteiger partial charge is 0.307 e. The van der Waals surface area contributed by atoms with Crippen molar-refractivity contribution in [3.8, 4) is 0 Å². The average Bonchev–Trinajstić information content (AvgIpc) is 2.60. The van der Waals surface area contributed by atoms with Gasteiger partial charge in [0.2, 0.25) is 5.91 Å². The highest BCUT2D eigenvalue weighted by Crippen LogP contribution is 2.34. The van der Waals surface area contributed by atoms with Gasteiger partial charge in [-0.25, -0.2) is 0 Å². The number of amides is 1. The van der Waals surface area contributed by atoms with E-state index in [1.54, 1.807) is 4.90 Å². The molecule has 5 nitrogen and oxygen atoms in total. The topological polar surface area (TPSA) is 77.8 Å². The predicted molar refractivity (Wildman–Crippen MR) is 51.1 cm³/mol. The number of carbonyl (C=O) groups excluding carboxylic acids is 1. The molecule has 1 saturated heterocycles. The van der Waals surface area contributed by atoms with E-state index in [9.17, 15) is 9.59 Å². The van der Waals surface area contributed by atoms with Crippen molar-refractivity contribution in [3.05, 3.63) is 0 Å². The summed E-state index contributed by atoms with van der Waals surface area (Å²) in [5.41, 5.74) is 0. The summed E-state index contributed by atoms with van der Waals surface area (Å²) >= 11 is 0. The van der Waals surface area contributed by atoms with Gasteiger partial charge >= 0.3 is 5.97 Å². The molecule has 1 aliphatic heterocycles. The van der Waals surface area contributed by atoms with Gasteiger partial charge in [0.25, 0.3) is 0 Å². The minimum absolute atomic E-state index is 0.0924. The first-order valence-electron chi connectivity index (χ1n) is 5.29. The number of aliphatic hydroxyl groups is 1. The van der Waals surface area contributed by atoms with Crippen molar-refractivity contribution in [2.75, 3.05) is 13.1 Å². The number of nitrogens with zero attached hydrogens (tertiary/aromatic N) is 1. The molecule has 2 rings (SSSR count). The summed E-state index contributed by atoms with van der Waals surface area (Å²) in [4.78, 5) is 24.3. The van der Waals surface area contributed by atoms with E-state index in [2.05, 4.69) is 0 Å². The molecule has 0 spiro atoms. The molecule has 2 N–H and O–H groups in total. The summed E-state index contributed by atoms with van der Waals surface area (Å²) in [6.07, 6.45) is 1.66. The van der Waals surface area contributed by atoms with Gasteiger partial charge in [-0.15, -0.1) is 0 Å². The standard InChI is InChI=1S/C10H15NO4/c12-6-4-11(5-6)9(13)7-2-1-3-8(7)10(14)15/h6-8,12H,1-5H2,(H,14,15). The van der Waals surface area contributed by atoms with Gasteiger partial charge in [-0.05, 0) is 12.8 Å². The Hall–Kier alpha value is -1.10. The Morgan fingerprint density at radius 3 is 2.27 bits per heavy atom. The lowest BCUT2D eigenvalue weighted by Gasteiger charge is -2.38. The molecule has 1 amide bonds. The summed E-state index contributed by atoms with van der Waals surface area (Å²) in [5.74, 6) is -1.85. The van der Waals surface area contributed by atoms with E-state index >= 15 is 0 Å². The van der Waals surface area contributed by atoms with Crippen molar-refractivity contribution >= 4 is 11.9 Å². The highest BCUT2D eigenvalue weighted by atomic mass is 16.4. The molecule has 15 heavy (non-hydrogen) atoms. The zero-order valence-electron chi connectivity index (χ0n) is 8.43. The van der Waals surface area contributed by atoms with Crippen LogP contribution in [0.2, 0.25) is 0 Å². The fraction of sp³-hybridized carbons (Fsp3) is 0.800. The number of rotatable bonds is 2. The van der Waals surface area contributed by atoms with Crippen molar-refractivity contribution < 1.29 is 19.8 Å². The number of carbonyl (C=O) groups is 2. The van der Waals surface area contributed by atoms with E-state index in [0.29, 0.717) is 25.9 Å². The monoisotopic (exact) mass is 213 g/mol. The average molecular weight is 213 g/mol. The van der Waals surface area contributed by atoms with Crippen LogP contribution >= 0.6 is 0 Å². The van der Waals surface area contributed by atoms with E-state index in [4.69, 9.17) is 10.2 Å². The molecular weight excluding hydrogens is 198 g/mol. The molecule has 0 bridgehead atoms. The van der Waals surface area contributed by atoms with E-state index < -0.39 is 18.0 Å². The van der Waals surface area contributed by atoms with Gasteiger partial charge in [-0.3, -0.25) is 9.59 Å². The van der Waals surface area contributed by atoms with E-state index in [1.165, 1.54) is 0 Å². The highest BCUT2D eigenvalue weighted by molar-refractivity contribution is 5.85. The first kappa shape index (κ1) is 10.4. The summed E-state index contributed by atoms with van der Waals surface area (Å²) in [5, 5.41) is 18.0. The van der Waals surface area contributed by atoms with E-state index in [0.717, 1.165) is 6.42 Å². The molecule has 1 heterocycles. The molecule has 0 aromatic rings. The molecule has 2 unspecified atom stereocenters. The summed E-state index contributed by atoms with van der Waals surface area (Å²) in [7, 11) is 0. The number of carboxylic acids is 1. The normalized spacial score (nSPS) is 31.4. The number of hydrogen-bond donors (Lipinski definition) is 2. The fourth-order valence-electron chi connectivity index (χ4n) is 2.42.